The van der Waals surface area contributed by atoms with Gasteiger partial charge in [-0.05, 0) is 31.2 Å². The summed E-state index contributed by atoms with van der Waals surface area (Å²) in [5.41, 5.74) is 0.178. The van der Waals surface area contributed by atoms with Crippen molar-refractivity contribution in [2.45, 2.75) is 6.92 Å². The summed E-state index contributed by atoms with van der Waals surface area (Å²) in [5, 5.41) is 14.5. The predicted molar refractivity (Wildman–Crippen MR) is 99.2 cm³/mol. The summed E-state index contributed by atoms with van der Waals surface area (Å²) in [7, 11) is 0. The molecule has 10 nitrogen and oxygen atoms in total. The number of ether oxygens (including phenoxy) is 1. The van der Waals surface area contributed by atoms with E-state index in [1.165, 1.54) is 30.6 Å². The molecule has 3 rings (SSSR count). The molecule has 1 aromatic heterocycles. The van der Waals surface area contributed by atoms with Crippen molar-refractivity contribution in [3.8, 4) is 0 Å². The number of rotatable bonds is 5. The van der Waals surface area contributed by atoms with Crippen molar-refractivity contribution >= 4 is 29.1 Å². The van der Waals surface area contributed by atoms with E-state index in [2.05, 4.69) is 15.3 Å². The van der Waals surface area contributed by atoms with E-state index >= 15 is 0 Å². The number of hydrogen-bond donors (Lipinski definition) is 1. The lowest BCUT2D eigenvalue weighted by Crippen LogP contribution is -2.49. The first-order valence-electron chi connectivity index (χ1n) is 8.68. The largest absolute Gasteiger partial charge is 0.450 e. The first kappa shape index (κ1) is 19.3. The van der Waals surface area contributed by atoms with E-state index in [4.69, 9.17) is 4.74 Å². The van der Waals surface area contributed by atoms with Crippen molar-refractivity contribution in [3.05, 3.63) is 46.5 Å². The standard InChI is InChI=1S/C17H19FN6O4/c1-2-28-17(25)23-9-7-22(8-10-23)16-14(24(26)27)15(19-11-20-16)21-13-5-3-12(18)4-6-13/h3-6,11H,2,7-10H2,1H3,(H,19,20,21). The highest BCUT2D eigenvalue weighted by molar-refractivity contribution is 5.75. The third-order valence-electron chi connectivity index (χ3n) is 4.20. The average molecular weight is 390 g/mol. The molecule has 0 spiro atoms. The van der Waals surface area contributed by atoms with Crippen molar-refractivity contribution in [2.24, 2.45) is 0 Å². The zero-order valence-electron chi connectivity index (χ0n) is 15.2. The number of carbonyl (C=O) groups is 1. The van der Waals surface area contributed by atoms with Gasteiger partial charge in [0.1, 0.15) is 12.1 Å². The summed E-state index contributed by atoms with van der Waals surface area (Å²) in [5.74, 6) is -0.245. The third kappa shape index (κ3) is 4.24. The van der Waals surface area contributed by atoms with Gasteiger partial charge in [-0.2, -0.15) is 0 Å². The minimum Gasteiger partial charge on any atom is -0.450 e. The Morgan fingerprint density at radius 3 is 2.54 bits per heavy atom. The molecule has 2 aromatic rings. The third-order valence-corrected chi connectivity index (χ3v) is 4.20. The minimum atomic E-state index is -0.557. The van der Waals surface area contributed by atoms with Crippen LogP contribution in [-0.2, 0) is 4.74 Å². The number of carbonyl (C=O) groups excluding carboxylic acids is 1. The Morgan fingerprint density at radius 2 is 1.93 bits per heavy atom. The molecule has 148 valence electrons. The minimum absolute atomic E-state index is 0.00873. The molecule has 1 saturated heterocycles. The fraction of sp³-hybridized carbons (Fsp3) is 0.353. The Morgan fingerprint density at radius 1 is 1.25 bits per heavy atom. The second kappa shape index (κ2) is 8.46. The molecule has 11 heteroatoms. The number of aromatic nitrogens is 2. The fourth-order valence-corrected chi connectivity index (χ4v) is 2.85. The van der Waals surface area contributed by atoms with Gasteiger partial charge in [0.25, 0.3) is 0 Å². The fourth-order valence-electron chi connectivity index (χ4n) is 2.85. The van der Waals surface area contributed by atoms with E-state index in [-0.39, 0.29) is 23.9 Å². The highest BCUT2D eigenvalue weighted by Crippen LogP contribution is 2.34. The Balaban J connectivity index is 1.81. The van der Waals surface area contributed by atoms with Crippen LogP contribution in [0.2, 0.25) is 0 Å². The monoisotopic (exact) mass is 390 g/mol. The van der Waals surface area contributed by atoms with Gasteiger partial charge in [0, 0.05) is 31.9 Å². The van der Waals surface area contributed by atoms with Crippen LogP contribution in [-0.4, -0.2) is 58.7 Å². The molecule has 0 aliphatic carbocycles. The highest BCUT2D eigenvalue weighted by Gasteiger charge is 2.30. The zero-order valence-corrected chi connectivity index (χ0v) is 15.2. The van der Waals surface area contributed by atoms with Gasteiger partial charge in [0.15, 0.2) is 0 Å². The Bertz CT molecular complexity index is 855. The van der Waals surface area contributed by atoms with Gasteiger partial charge in [-0.3, -0.25) is 10.1 Å². The summed E-state index contributed by atoms with van der Waals surface area (Å²) >= 11 is 0. The van der Waals surface area contributed by atoms with E-state index < -0.39 is 16.8 Å². The molecule has 1 aromatic carbocycles. The van der Waals surface area contributed by atoms with Gasteiger partial charge < -0.3 is 19.9 Å². The van der Waals surface area contributed by atoms with Crippen molar-refractivity contribution in [1.82, 2.24) is 14.9 Å². The van der Waals surface area contributed by atoms with Crippen LogP contribution in [0, 0.1) is 15.9 Å². The molecule has 1 aliphatic rings. The first-order valence-corrected chi connectivity index (χ1v) is 8.68. The molecule has 1 amide bonds. The van der Waals surface area contributed by atoms with E-state index in [9.17, 15) is 19.3 Å². The van der Waals surface area contributed by atoms with Gasteiger partial charge in [-0.1, -0.05) is 0 Å². The Labute approximate surface area is 160 Å². The van der Waals surface area contributed by atoms with Crippen molar-refractivity contribution in [3.63, 3.8) is 0 Å². The molecule has 0 bridgehead atoms. The number of hydrogen-bond acceptors (Lipinski definition) is 8. The normalized spacial score (nSPS) is 13.9. The summed E-state index contributed by atoms with van der Waals surface area (Å²) in [6.07, 6.45) is 0.823. The van der Waals surface area contributed by atoms with Crippen molar-refractivity contribution in [1.29, 1.82) is 0 Å². The second-order valence-corrected chi connectivity index (χ2v) is 5.96. The molecule has 0 radical (unpaired) electrons. The molecular weight excluding hydrogens is 371 g/mol. The summed E-state index contributed by atoms with van der Waals surface area (Å²) < 4.78 is 18.0. The number of amides is 1. The van der Waals surface area contributed by atoms with E-state index in [1.807, 2.05) is 0 Å². The number of nitrogens with zero attached hydrogens (tertiary/aromatic N) is 5. The van der Waals surface area contributed by atoms with Crippen LogP contribution in [0.4, 0.5) is 32.2 Å². The summed E-state index contributed by atoms with van der Waals surface area (Å²) in [6.45, 7) is 3.48. The number of piperazine rings is 1. The topological polar surface area (TPSA) is 114 Å². The molecule has 0 unspecified atom stereocenters. The van der Waals surface area contributed by atoms with E-state index in [0.29, 0.717) is 31.9 Å². The first-order chi connectivity index (χ1) is 13.5. The molecule has 1 N–H and O–H groups in total. The molecule has 28 heavy (non-hydrogen) atoms. The average Bonchev–Trinajstić information content (AvgIpc) is 2.69. The van der Waals surface area contributed by atoms with Crippen LogP contribution < -0.4 is 10.2 Å². The maximum Gasteiger partial charge on any atom is 0.409 e. The lowest BCUT2D eigenvalue weighted by molar-refractivity contribution is -0.383. The predicted octanol–water partition coefficient (Wildman–Crippen LogP) is 2.55. The maximum atomic E-state index is 13.1. The van der Waals surface area contributed by atoms with Gasteiger partial charge in [-0.25, -0.2) is 19.2 Å². The van der Waals surface area contributed by atoms with Crippen molar-refractivity contribution < 1.29 is 18.8 Å². The number of benzene rings is 1. The van der Waals surface area contributed by atoms with Gasteiger partial charge >= 0.3 is 11.8 Å². The van der Waals surface area contributed by atoms with Crippen LogP contribution in [0.15, 0.2) is 30.6 Å². The Kier molecular flexibility index (Phi) is 5.82. The maximum absolute atomic E-state index is 13.1. The van der Waals surface area contributed by atoms with Crippen LogP contribution in [0.1, 0.15) is 6.92 Å². The molecule has 1 aliphatic heterocycles. The van der Waals surface area contributed by atoms with Gasteiger partial charge in [-0.15, -0.1) is 0 Å². The smallest absolute Gasteiger partial charge is 0.409 e. The van der Waals surface area contributed by atoms with E-state index in [1.54, 1.807) is 16.7 Å². The van der Waals surface area contributed by atoms with Gasteiger partial charge in [0.05, 0.1) is 11.5 Å². The quantitative estimate of drug-likeness (QED) is 0.612. The second-order valence-electron chi connectivity index (χ2n) is 5.96. The number of nitro groups is 1. The molecule has 1 fully saturated rings. The lowest BCUT2D eigenvalue weighted by atomic mass is 10.3. The number of anilines is 3. The summed E-state index contributed by atoms with van der Waals surface area (Å²) in [4.78, 5) is 34.3. The highest BCUT2D eigenvalue weighted by atomic mass is 19.1. The van der Waals surface area contributed by atoms with E-state index in [0.717, 1.165) is 0 Å². The molecule has 0 saturated carbocycles. The SMILES string of the molecule is CCOC(=O)N1CCN(c2ncnc(Nc3ccc(F)cc3)c2[N+](=O)[O-])CC1. The van der Waals surface area contributed by atoms with Crippen LogP contribution in [0.3, 0.4) is 0 Å². The molecular formula is C17H19FN6O4. The number of nitrogens with one attached hydrogen (secondary N) is 1. The van der Waals surface area contributed by atoms with Crippen LogP contribution in [0.5, 0.6) is 0 Å². The van der Waals surface area contributed by atoms with Crippen LogP contribution in [0.25, 0.3) is 0 Å². The molecule has 0 atom stereocenters. The van der Waals surface area contributed by atoms with Gasteiger partial charge in [0.2, 0.25) is 11.6 Å². The van der Waals surface area contributed by atoms with Crippen LogP contribution >= 0.6 is 0 Å². The van der Waals surface area contributed by atoms with Crippen molar-refractivity contribution in [2.75, 3.05) is 43.0 Å². The Hall–Kier alpha value is -3.50. The molecule has 2 heterocycles. The zero-order chi connectivity index (χ0) is 20.1. The number of halogens is 1. The lowest BCUT2D eigenvalue weighted by Gasteiger charge is -2.34. The summed E-state index contributed by atoms with van der Waals surface area (Å²) in [6, 6.07) is 5.40.